The lowest BCUT2D eigenvalue weighted by Gasteiger charge is -2.04. The zero-order chi connectivity index (χ0) is 8.97. The molecule has 4 heteroatoms. The molecule has 0 aliphatic carbocycles. The van der Waals surface area contributed by atoms with Gasteiger partial charge in [-0.15, -0.1) is 11.8 Å². The van der Waals surface area contributed by atoms with E-state index in [1.807, 2.05) is 6.26 Å². The molecule has 0 spiro atoms. The van der Waals surface area contributed by atoms with Crippen LogP contribution in [-0.4, -0.2) is 12.9 Å². The van der Waals surface area contributed by atoms with Gasteiger partial charge in [-0.05, 0) is 30.5 Å². The summed E-state index contributed by atoms with van der Waals surface area (Å²) in [6.45, 7) is -2.77. The minimum absolute atomic E-state index is 0.150. The van der Waals surface area contributed by atoms with Gasteiger partial charge in [-0.3, -0.25) is 0 Å². The van der Waals surface area contributed by atoms with E-state index in [1.165, 1.54) is 17.8 Å². The van der Waals surface area contributed by atoms with E-state index in [0.29, 0.717) is 0 Å². The summed E-state index contributed by atoms with van der Waals surface area (Å²) in [7, 11) is 0. The van der Waals surface area contributed by atoms with Crippen LogP contribution in [0.1, 0.15) is 0 Å². The van der Waals surface area contributed by atoms with Gasteiger partial charge in [-0.2, -0.15) is 8.78 Å². The van der Waals surface area contributed by atoms with E-state index in [2.05, 4.69) is 10.8 Å². The highest BCUT2D eigenvalue weighted by atomic mass is 32.2. The maximum Gasteiger partial charge on any atom is 0.387 e. The van der Waals surface area contributed by atoms with Gasteiger partial charge in [-0.1, -0.05) is 0 Å². The Bertz CT molecular complexity index is 253. The number of alkyl halides is 2. The summed E-state index contributed by atoms with van der Waals surface area (Å²) in [6.07, 6.45) is 1.86. The summed E-state index contributed by atoms with van der Waals surface area (Å²) in [4.78, 5) is 0.855. The number of rotatable bonds is 3. The Morgan fingerprint density at radius 2 is 2.25 bits per heavy atom. The first-order valence-electron chi connectivity index (χ1n) is 3.22. The van der Waals surface area contributed by atoms with Crippen molar-refractivity contribution in [2.45, 2.75) is 11.5 Å². The van der Waals surface area contributed by atoms with Gasteiger partial charge in [0.15, 0.2) is 0 Å². The Labute approximate surface area is 73.7 Å². The minimum Gasteiger partial charge on any atom is -0.435 e. The molecular formula is C8H7F2OS. The van der Waals surface area contributed by atoms with E-state index in [1.54, 1.807) is 12.1 Å². The third-order valence-electron chi connectivity index (χ3n) is 1.20. The summed E-state index contributed by atoms with van der Waals surface area (Å²) in [5, 5.41) is 0. The molecule has 0 N–H and O–H groups in total. The molecule has 0 amide bonds. The quantitative estimate of drug-likeness (QED) is 0.676. The number of thioether (sulfide) groups is 1. The maximum atomic E-state index is 11.7. The third kappa shape index (κ3) is 2.70. The molecule has 1 aromatic rings. The summed E-state index contributed by atoms with van der Waals surface area (Å²) < 4.78 is 27.6. The molecule has 0 saturated heterocycles. The van der Waals surface area contributed by atoms with E-state index < -0.39 is 6.61 Å². The van der Waals surface area contributed by atoms with Gasteiger partial charge in [0.05, 0.1) is 0 Å². The van der Waals surface area contributed by atoms with Crippen LogP contribution in [0.5, 0.6) is 5.75 Å². The second-order valence-corrected chi connectivity index (χ2v) is 2.87. The van der Waals surface area contributed by atoms with E-state index in [9.17, 15) is 8.78 Å². The second kappa shape index (κ2) is 4.30. The van der Waals surface area contributed by atoms with Crippen molar-refractivity contribution in [1.29, 1.82) is 0 Å². The van der Waals surface area contributed by atoms with Crippen LogP contribution in [0.25, 0.3) is 0 Å². The molecule has 1 radical (unpaired) electrons. The number of ether oxygens (including phenoxy) is 1. The van der Waals surface area contributed by atoms with Crippen LogP contribution in [0, 0.1) is 6.07 Å². The van der Waals surface area contributed by atoms with Crippen molar-refractivity contribution >= 4 is 11.8 Å². The summed E-state index contributed by atoms with van der Waals surface area (Å²) >= 11 is 1.45. The lowest BCUT2D eigenvalue weighted by Crippen LogP contribution is -2.01. The van der Waals surface area contributed by atoms with Crippen LogP contribution in [0.3, 0.4) is 0 Å². The predicted molar refractivity (Wildman–Crippen MR) is 43.7 cm³/mol. The van der Waals surface area contributed by atoms with Gasteiger partial charge in [0, 0.05) is 4.90 Å². The molecule has 0 fully saturated rings. The molecule has 1 aromatic carbocycles. The van der Waals surface area contributed by atoms with Crippen molar-refractivity contribution in [3.8, 4) is 5.75 Å². The van der Waals surface area contributed by atoms with E-state index in [0.717, 1.165) is 4.90 Å². The second-order valence-electron chi connectivity index (χ2n) is 1.99. The zero-order valence-electron chi connectivity index (χ0n) is 6.38. The Morgan fingerprint density at radius 1 is 1.50 bits per heavy atom. The van der Waals surface area contributed by atoms with Crippen LogP contribution in [0.4, 0.5) is 8.78 Å². The number of hydrogen-bond donors (Lipinski definition) is 0. The normalized spacial score (nSPS) is 10.3. The van der Waals surface area contributed by atoms with Crippen molar-refractivity contribution in [3.05, 3.63) is 24.3 Å². The molecule has 0 unspecified atom stereocenters. The molecule has 1 nitrogen and oxygen atoms in total. The van der Waals surface area contributed by atoms with E-state index in [4.69, 9.17) is 0 Å². The van der Waals surface area contributed by atoms with E-state index >= 15 is 0 Å². The van der Waals surface area contributed by atoms with Crippen LogP contribution in [0.2, 0.25) is 0 Å². The Kier molecular flexibility index (Phi) is 3.34. The molecule has 0 saturated carbocycles. The highest BCUT2D eigenvalue weighted by Crippen LogP contribution is 2.21. The molecule has 0 bridgehead atoms. The standard InChI is InChI=1S/C8H7F2OS/c1-12-7-4-2-3-6(5-7)11-8(9)10/h3-5,8H,1H3. The Hall–Kier alpha value is -0.770. The van der Waals surface area contributed by atoms with Gasteiger partial charge in [0.2, 0.25) is 0 Å². The molecule has 1 rings (SSSR count). The SMILES string of the molecule is CSc1c[c]cc(OC(F)F)c1. The van der Waals surface area contributed by atoms with Gasteiger partial charge < -0.3 is 4.74 Å². The summed E-state index contributed by atoms with van der Waals surface area (Å²) in [6, 6.07) is 7.35. The largest absolute Gasteiger partial charge is 0.435 e. The molecule has 0 atom stereocenters. The number of benzene rings is 1. The smallest absolute Gasteiger partial charge is 0.387 e. The first-order valence-corrected chi connectivity index (χ1v) is 4.45. The van der Waals surface area contributed by atoms with Crippen LogP contribution in [0.15, 0.2) is 23.1 Å². The maximum absolute atomic E-state index is 11.7. The monoisotopic (exact) mass is 189 g/mol. The van der Waals surface area contributed by atoms with Crippen LogP contribution in [-0.2, 0) is 0 Å². The first kappa shape index (κ1) is 9.32. The summed E-state index contributed by atoms with van der Waals surface area (Å²) in [5.41, 5.74) is 0. The highest BCUT2D eigenvalue weighted by Gasteiger charge is 2.03. The number of hydrogen-bond acceptors (Lipinski definition) is 2. The average molecular weight is 189 g/mol. The zero-order valence-corrected chi connectivity index (χ0v) is 7.20. The molecule has 0 aliphatic rings. The predicted octanol–water partition coefficient (Wildman–Crippen LogP) is 2.81. The lowest BCUT2D eigenvalue weighted by molar-refractivity contribution is -0.0499. The Balaban J connectivity index is 2.72. The first-order chi connectivity index (χ1) is 5.72. The topological polar surface area (TPSA) is 9.23 Å². The lowest BCUT2D eigenvalue weighted by atomic mass is 10.3. The van der Waals surface area contributed by atoms with Gasteiger partial charge in [0.1, 0.15) is 5.75 Å². The van der Waals surface area contributed by atoms with Crippen molar-refractivity contribution in [2.75, 3.05) is 6.26 Å². The minimum atomic E-state index is -2.77. The molecular weight excluding hydrogens is 182 g/mol. The molecule has 65 valence electrons. The van der Waals surface area contributed by atoms with Gasteiger partial charge >= 0.3 is 6.61 Å². The summed E-state index contributed by atoms with van der Waals surface area (Å²) in [5.74, 6) is 0.150. The van der Waals surface area contributed by atoms with Crippen molar-refractivity contribution < 1.29 is 13.5 Å². The highest BCUT2D eigenvalue weighted by molar-refractivity contribution is 7.98. The van der Waals surface area contributed by atoms with Crippen molar-refractivity contribution in [2.24, 2.45) is 0 Å². The molecule has 0 aliphatic heterocycles. The average Bonchev–Trinajstić information content (AvgIpc) is 2.03. The van der Waals surface area contributed by atoms with Gasteiger partial charge in [-0.25, -0.2) is 0 Å². The fraction of sp³-hybridized carbons (Fsp3) is 0.250. The fourth-order valence-corrected chi connectivity index (χ4v) is 1.14. The van der Waals surface area contributed by atoms with Crippen LogP contribution < -0.4 is 4.74 Å². The van der Waals surface area contributed by atoms with Crippen LogP contribution >= 0.6 is 11.8 Å². The fourth-order valence-electron chi connectivity index (χ4n) is 0.718. The van der Waals surface area contributed by atoms with Gasteiger partial charge in [0.25, 0.3) is 0 Å². The number of halogens is 2. The molecule has 0 heterocycles. The molecule has 12 heavy (non-hydrogen) atoms. The van der Waals surface area contributed by atoms with Crippen molar-refractivity contribution in [1.82, 2.24) is 0 Å². The Morgan fingerprint density at radius 3 is 2.83 bits per heavy atom. The van der Waals surface area contributed by atoms with Crippen molar-refractivity contribution in [3.63, 3.8) is 0 Å². The molecule has 0 aromatic heterocycles. The third-order valence-corrected chi connectivity index (χ3v) is 1.90. The van der Waals surface area contributed by atoms with E-state index in [-0.39, 0.29) is 5.75 Å².